The van der Waals surface area contributed by atoms with E-state index in [1.54, 1.807) is 24.3 Å². The number of hydrogen-bond acceptors (Lipinski definition) is 11. The maximum Gasteiger partial charge on any atom is 0.335 e. The second-order valence-corrected chi connectivity index (χ2v) is 13.6. The van der Waals surface area contributed by atoms with Crippen molar-refractivity contribution < 1.29 is 58.9 Å². The van der Waals surface area contributed by atoms with Gasteiger partial charge in [0.2, 0.25) is 6.29 Å². The zero-order valence-corrected chi connectivity index (χ0v) is 29.2. The molecule has 9 atom stereocenters. The maximum absolute atomic E-state index is 14.3. The number of ether oxygens (including phenoxy) is 2. The number of hydrogen-bond donors (Lipinski definition) is 7. The van der Waals surface area contributed by atoms with Crippen molar-refractivity contribution in [1.82, 2.24) is 4.90 Å². The molecule has 2 aliphatic heterocycles. The number of carboxylic acid groups (broad SMARTS) is 1. The number of nitrogens with zero attached hydrogens (tertiary/aromatic N) is 1. The fourth-order valence-corrected chi connectivity index (χ4v) is 7.05. The Morgan fingerprint density at radius 2 is 1.47 bits per heavy atom. The van der Waals surface area contributed by atoms with Crippen LogP contribution in [-0.2, 0) is 23.9 Å². The number of para-hydroxylation sites is 1. The van der Waals surface area contributed by atoms with E-state index in [0.717, 1.165) is 16.8 Å². The van der Waals surface area contributed by atoms with Crippen LogP contribution in [0.5, 0.6) is 0 Å². The summed E-state index contributed by atoms with van der Waals surface area (Å²) in [5.41, 5.74) is 3.47. The number of anilines is 1. The van der Waals surface area contributed by atoms with E-state index in [2.05, 4.69) is 5.32 Å². The molecule has 0 radical (unpaired) electrons. The molecule has 2 heterocycles. The standard InChI is InChI=1S/C39H45FN2O11/c1-21(2)31-30(37(49)41-25-11-7-4-8-12-25)29(22-9-5-3-6-10-22)32(23-13-15-24(40)16-14-23)42(31)18-17-26(43)19-27(44)20-28(45)52-39-35(48)33(46)34(47)36(53-39)38(50)51/h3-16,21,26-27,29,32-36,39,43-44,46-48H,17-20H2,1-2H3,(H,41,49)(H,50,51)/t26-,27-,29+,32-,33+,34+,35-,36+,39-/m1/s1. The van der Waals surface area contributed by atoms with Crippen molar-refractivity contribution in [2.24, 2.45) is 5.92 Å². The highest BCUT2D eigenvalue weighted by Gasteiger charge is 2.49. The Morgan fingerprint density at radius 3 is 2.08 bits per heavy atom. The van der Waals surface area contributed by atoms with Gasteiger partial charge < -0.3 is 50.3 Å². The van der Waals surface area contributed by atoms with E-state index < -0.39 is 79.1 Å². The maximum atomic E-state index is 14.3. The second kappa shape index (κ2) is 17.4. The molecule has 0 bridgehead atoms. The molecule has 13 nitrogen and oxygen atoms in total. The van der Waals surface area contributed by atoms with Crippen LogP contribution in [0.25, 0.3) is 0 Å². The molecule has 53 heavy (non-hydrogen) atoms. The molecule has 5 rings (SSSR count). The lowest BCUT2D eigenvalue weighted by Crippen LogP contribution is -2.60. The van der Waals surface area contributed by atoms with E-state index in [4.69, 9.17) is 9.47 Å². The summed E-state index contributed by atoms with van der Waals surface area (Å²) in [6.45, 7) is 4.13. The lowest BCUT2D eigenvalue weighted by molar-refractivity contribution is -0.286. The van der Waals surface area contributed by atoms with E-state index in [-0.39, 0.29) is 31.2 Å². The molecular weight excluding hydrogens is 691 g/mol. The van der Waals surface area contributed by atoms with Crippen LogP contribution in [0.15, 0.2) is 96.2 Å². The van der Waals surface area contributed by atoms with Crippen LogP contribution in [0.3, 0.4) is 0 Å². The van der Waals surface area contributed by atoms with Crippen LogP contribution < -0.4 is 5.32 Å². The molecule has 0 unspecified atom stereocenters. The Bertz CT molecular complexity index is 1740. The number of benzene rings is 3. The van der Waals surface area contributed by atoms with Gasteiger partial charge in [-0.3, -0.25) is 9.59 Å². The lowest BCUT2D eigenvalue weighted by Gasteiger charge is -2.38. The average molecular weight is 737 g/mol. The Labute approximate surface area is 305 Å². The number of halogens is 1. The van der Waals surface area contributed by atoms with Crippen molar-refractivity contribution in [3.63, 3.8) is 0 Å². The molecule has 2 aliphatic rings. The monoisotopic (exact) mass is 736 g/mol. The van der Waals surface area contributed by atoms with Crippen molar-refractivity contribution in [2.45, 2.75) is 88.0 Å². The first kappa shape index (κ1) is 39.5. The molecule has 0 saturated carbocycles. The highest BCUT2D eigenvalue weighted by atomic mass is 19.1. The van der Waals surface area contributed by atoms with E-state index in [1.165, 1.54) is 12.1 Å². The Balaban J connectivity index is 1.35. The van der Waals surface area contributed by atoms with Crippen molar-refractivity contribution in [2.75, 3.05) is 11.9 Å². The predicted molar refractivity (Wildman–Crippen MR) is 188 cm³/mol. The zero-order chi connectivity index (χ0) is 38.4. The summed E-state index contributed by atoms with van der Waals surface area (Å²) in [5, 5.41) is 64.0. The number of esters is 1. The highest BCUT2D eigenvalue weighted by Crippen LogP contribution is 2.51. The SMILES string of the molecule is CC(C)C1=C(C(=O)Nc2ccccc2)[C@H](c2ccccc2)[C@@H](c2ccc(F)cc2)N1CC[C@@H](O)C[C@@H](O)CC(=O)O[C@@H]1O[C@H](C(=O)O)[C@@H](O)[C@H](O)[C@H]1O. The van der Waals surface area contributed by atoms with Gasteiger partial charge in [-0.1, -0.05) is 74.5 Å². The van der Waals surface area contributed by atoms with Gasteiger partial charge >= 0.3 is 11.9 Å². The fraction of sp³-hybridized carbons (Fsp3) is 0.410. The van der Waals surface area contributed by atoms with E-state index in [9.17, 15) is 49.4 Å². The van der Waals surface area contributed by atoms with E-state index in [0.29, 0.717) is 11.3 Å². The number of nitrogens with one attached hydrogen (secondary N) is 1. The number of carbonyl (C=O) groups is 3. The van der Waals surface area contributed by atoms with Crippen molar-refractivity contribution in [3.8, 4) is 0 Å². The van der Waals surface area contributed by atoms with Gasteiger partial charge in [0.1, 0.15) is 24.1 Å². The van der Waals surface area contributed by atoms with Gasteiger partial charge in [0.25, 0.3) is 5.91 Å². The predicted octanol–water partition coefficient (Wildman–Crippen LogP) is 2.84. The summed E-state index contributed by atoms with van der Waals surface area (Å²) in [6.07, 6.45) is -13.2. The van der Waals surface area contributed by atoms with E-state index in [1.807, 2.05) is 67.3 Å². The molecule has 0 aliphatic carbocycles. The van der Waals surface area contributed by atoms with Crippen molar-refractivity contribution >= 4 is 23.5 Å². The quantitative estimate of drug-likeness (QED) is 0.119. The summed E-state index contributed by atoms with van der Waals surface area (Å²) < 4.78 is 24.1. The van der Waals surface area contributed by atoms with Crippen LogP contribution >= 0.6 is 0 Å². The molecule has 3 aromatic carbocycles. The molecular formula is C39H45FN2O11. The first-order chi connectivity index (χ1) is 25.3. The molecule has 1 fully saturated rings. The van der Waals surface area contributed by atoms with Crippen LogP contribution in [0.2, 0.25) is 0 Å². The minimum absolute atomic E-state index is 0.0872. The number of amides is 1. The van der Waals surface area contributed by atoms with Gasteiger partial charge in [0.05, 0.1) is 24.7 Å². The highest BCUT2D eigenvalue weighted by molar-refractivity contribution is 6.06. The zero-order valence-electron chi connectivity index (χ0n) is 29.2. The first-order valence-corrected chi connectivity index (χ1v) is 17.4. The fourth-order valence-electron chi connectivity index (χ4n) is 7.05. The van der Waals surface area contributed by atoms with Gasteiger partial charge in [0.15, 0.2) is 6.10 Å². The molecule has 0 aromatic heterocycles. The second-order valence-electron chi connectivity index (χ2n) is 13.6. The third kappa shape index (κ3) is 9.27. The molecule has 1 saturated heterocycles. The minimum atomic E-state index is -1.98. The third-order valence-corrected chi connectivity index (χ3v) is 9.45. The van der Waals surface area contributed by atoms with Crippen molar-refractivity contribution in [3.05, 3.63) is 113 Å². The van der Waals surface area contributed by atoms with Gasteiger partial charge in [0, 0.05) is 29.4 Å². The van der Waals surface area contributed by atoms with Gasteiger partial charge in [-0.15, -0.1) is 0 Å². The largest absolute Gasteiger partial charge is 0.479 e. The number of carbonyl (C=O) groups excluding carboxylic acids is 2. The number of rotatable bonds is 14. The topological polar surface area (TPSA) is 206 Å². The van der Waals surface area contributed by atoms with E-state index >= 15 is 0 Å². The van der Waals surface area contributed by atoms with Crippen LogP contribution in [0.4, 0.5) is 10.1 Å². The molecule has 14 heteroatoms. The Morgan fingerprint density at radius 1 is 0.849 bits per heavy atom. The Hall–Kier alpha value is -4.70. The number of allylic oxidation sites excluding steroid dienone is 1. The summed E-state index contributed by atoms with van der Waals surface area (Å²) >= 11 is 0. The Kier molecular flexibility index (Phi) is 13.0. The normalized spacial score (nSPS) is 25.6. The van der Waals surface area contributed by atoms with Crippen LogP contribution in [0.1, 0.15) is 56.2 Å². The summed E-state index contributed by atoms with van der Waals surface area (Å²) in [6, 6.07) is 24.2. The van der Waals surface area contributed by atoms with Gasteiger partial charge in [-0.2, -0.15) is 0 Å². The third-order valence-electron chi connectivity index (χ3n) is 9.45. The summed E-state index contributed by atoms with van der Waals surface area (Å²) in [7, 11) is 0. The average Bonchev–Trinajstić information content (AvgIpc) is 3.47. The molecule has 0 spiro atoms. The van der Waals surface area contributed by atoms with Gasteiger partial charge in [-0.05, 0) is 54.2 Å². The van der Waals surface area contributed by atoms with Gasteiger partial charge in [-0.25, -0.2) is 9.18 Å². The lowest BCUT2D eigenvalue weighted by atomic mass is 9.82. The van der Waals surface area contributed by atoms with Crippen molar-refractivity contribution in [1.29, 1.82) is 0 Å². The van der Waals surface area contributed by atoms with Crippen LogP contribution in [-0.4, -0.2) is 103 Å². The smallest absolute Gasteiger partial charge is 0.335 e. The number of aliphatic carboxylic acids is 1. The molecule has 1 amide bonds. The number of aliphatic hydroxyl groups excluding tert-OH is 5. The first-order valence-electron chi connectivity index (χ1n) is 17.4. The number of carboxylic acids is 1. The summed E-state index contributed by atoms with van der Waals surface area (Å²) in [4.78, 5) is 40.3. The molecule has 284 valence electrons. The molecule has 3 aromatic rings. The van der Waals surface area contributed by atoms with Crippen LogP contribution in [0, 0.1) is 11.7 Å². The molecule has 7 N–H and O–H groups in total. The summed E-state index contributed by atoms with van der Waals surface area (Å²) in [5.74, 6) is -4.14. The minimum Gasteiger partial charge on any atom is -0.479 e. The number of aliphatic hydroxyl groups is 5.